The molecule has 0 aromatic heterocycles. The summed E-state index contributed by atoms with van der Waals surface area (Å²) in [6, 6.07) is 3.15. The molecule has 0 saturated heterocycles. The van der Waals surface area contributed by atoms with Gasteiger partial charge in [-0.1, -0.05) is 11.6 Å². The zero-order valence-corrected chi connectivity index (χ0v) is 10.7. The van der Waals surface area contributed by atoms with E-state index in [0.29, 0.717) is 17.9 Å². The normalized spacial score (nSPS) is 10.5. The minimum atomic E-state index is -0.0898. The Labute approximate surface area is 109 Å². The summed E-state index contributed by atoms with van der Waals surface area (Å²) in [5.41, 5.74) is 8.27. The molecule has 0 aliphatic rings. The standard InChI is InChI=1S/C10H12ClN3O2S/c1-2-16-8-4-6(3-7(11)9(8)15)5-13-14-10(12)17/h3-5,15H,2H2,1H3,(H3,12,14,17). The molecule has 5 nitrogen and oxygen atoms in total. The van der Waals surface area contributed by atoms with E-state index in [-0.39, 0.29) is 15.9 Å². The number of hydrogen-bond acceptors (Lipinski definition) is 4. The lowest BCUT2D eigenvalue weighted by Crippen LogP contribution is -2.23. The zero-order chi connectivity index (χ0) is 12.8. The number of nitrogens with two attached hydrogens (primary N) is 1. The van der Waals surface area contributed by atoms with E-state index in [2.05, 4.69) is 22.7 Å². The molecule has 92 valence electrons. The van der Waals surface area contributed by atoms with Gasteiger partial charge in [0.2, 0.25) is 0 Å². The van der Waals surface area contributed by atoms with Gasteiger partial charge in [0.25, 0.3) is 0 Å². The summed E-state index contributed by atoms with van der Waals surface area (Å²) in [6.45, 7) is 2.23. The van der Waals surface area contributed by atoms with Crippen LogP contribution in [0.2, 0.25) is 5.02 Å². The van der Waals surface area contributed by atoms with E-state index in [9.17, 15) is 5.11 Å². The first-order chi connectivity index (χ1) is 8.04. The Hall–Kier alpha value is -1.53. The molecule has 1 aromatic carbocycles. The molecule has 0 spiro atoms. The number of hydrogen-bond donors (Lipinski definition) is 3. The van der Waals surface area contributed by atoms with Crippen LogP contribution in [0.5, 0.6) is 11.5 Å². The fourth-order valence-corrected chi connectivity index (χ4v) is 1.38. The first kappa shape index (κ1) is 13.5. The fourth-order valence-electron chi connectivity index (χ4n) is 1.10. The summed E-state index contributed by atoms with van der Waals surface area (Å²) in [6.07, 6.45) is 1.47. The molecule has 1 rings (SSSR count). The molecule has 0 atom stereocenters. The van der Waals surface area contributed by atoms with Gasteiger partial charge in [-0.05, 0) is 36.8 Å². The van der Waals surface area contributed by atoms with Gasteiger partial charge in [0.1, 0.15) is 0 Å². The van der Waals surface area contributed by atoms with Crippen LogP contribution in [-0.2, 0) is 0 Å². The number of thiocarbonyl (C=S) groups is 1. The number of rotatable bonds is 4. The van der Waals surface area contributed by atoms with Crippen molar-refractivity contribution in [2.24, 2.45) is 10.8 Å². The zero-order valence-electron chi connectivity index (χ0n) is 9.11. The molecule has 0 radical (unpaired) electrons. The SMILES string of the molecule is CCOc1cc(C=NNC(N)=S)cc(Cl)c1O. The summed E-state index contributed by atoms with van der Waals surface area (Å²) in [5.74, 6) is 0.213. The van der Waals surface area contributed by atoms with Gasteiger partial charge in [0, 0.05) is 0 Å². The summed E-state index contributed by atoms with van der Waals surface area (Å²) < 4.78 is 5.22. The van der Waals surface area contributed by atoms with Crippen LogP contribution >= 0.6 is 23.8 Å². The number of phenolic OH excluding ortho intramolecular Hbond substituents is 1. The number of halogens is 1. The third-order valence-corrected chi connectivity index (χ3v) is 2.12. The topological polar surface area (TPSA) is 79.9 Å². The van der Waals surface area contributed by atoms with E-state index in [1.165, 1.54) is 6.21 Å². The second-order valence-corrected chi connectivity index (χ2v) is 3.86. The third kappa shape index (κ3) is 4.08. The molecule has 7 heteroatoms. The number of nitrogens with zero attached hydrogens (tertiary/aromatic N) is 1. The Kier molecular flexibility index (Phi) is 4.99. The molecule has 0 saturated carbocycles. The van der Waals surface area contributed by atoms with Crippen molar-refractivity contribution < 1.29 is 9.84 Å². The van der Waals surface area contributed by atoms with E-state index < -0.39 is 0 Å². The number of hydrazone groups is 1. The molecule has 4 N–H and O–H groups in total. The molecule has 0 bridgehead atoms. The third-order valence-electron chi connectivity index (χ3n) is 1.74. The number of benzene rings is 1. The van der Waals surface area contributed by atoms with E-state index >= 15 is 0 Å². The highest BCUT2D eigenvalue weighted by atomic mass is 35.5. The average molecular weight is 274 g/mol. The molecule has 0 fully saturated rings. The molecule has 0 aliphatic heterocycles. The lowest BCUT2D eigenvalue weighted by atomic mass is 10.2. The summed E-state index contributed by atoms with van der Waals surface area (Å²) >= 11 is 10.4. The second-order valence-electron chi connectivity index (χ2n) is 3.02. The number of nitrogens with one attached hydrogen (secondary N) is 1. The lowest BCUT2D eigenvalue weighted by Gasteiger charge is -2.08. The molecule has 17 heavy (non-hydrogen) atoms. The van der Waals surface area contributed by atoms with Gasteiger partial charge in [-0.15, -0.1) is 0 Å². The summed E-state index contributed by atoms with van der Waals surface area (Å²) in [5, 5.41) is 13.6. The van der Waals surface area contributed by atoms with Crippen molar-refractivity contribution in [1.29, 1.82) is 0 Å². The van der Waals surface area contributed by atoms with Crippen LogP contribution < -0.4 is 15.9 Å². The Morgan fingerprint density at radius 3 is 3.00 bits per heavy atom. The Morgan fingerprint density at radius 1 is 1.71 bits per heavy atom. The Morgan fingerprint density at radius 2 is 2.41 bits per heavy atom. The van der Waals surface area contributed by atoms with Crippen molar-refractivity contribution in [3.8, 4) is 11.5 Å². The smallest absolute Gasteiger partial charge is 0.184 e. The highest BCUT2D eigenvalue weighted by molar-refractivity contribution is 7.80. The second kappa shape index (κ2) is 6.27. The molecular weight excluding hydrogens is 262 g/mol. The van der Waals surface area contributed by atoms with E-state index in [4.69, 9.17) is 22.1 Å². The molecule has 0 heterocycles. The van der Waals surface area contributed by atoms with Gasteiger partial charge >= 0.3 is 0 Å². The Bertz CT molecular complexity index is 451. The van der Waals surface area contributed by atoms with Gasteiger partial charge in [-0.3, -0.25) is 5.43 Å². The maximum atomic E-state index is 9.61. The molecule has 0 aliphatic carbocycles. The lowest BCUT2D eigenvalue weighted by molar-refractivity contribution is 0.318. The predicted molar refractivity (Wildman–Crippen MR) is 71.8 cm³/mol. The largest absolute Gasteiger partial charge is 0.503 e. The predicted octanol–water partition coefficient (Wildman–Crippen LogP) is 1.61. The summed E-state index contributed by atoms with van der Waals surface area (Å²) in [7, 11) is 0. The van der Waals surface area contributed by atoms with E-state index in [1.54, 1.807) is 12.1 Å². The van der Waals surface area contributed by atoms with Crippen LogP contribution in [-0.4, -0.2) is 23.0 Å². The Balaban J connectivity index is 2.93. The first-order valence-electron chi connectivity index (χ1n) is 4.78. The fraction of sp³-hybridized carbons (Fsp3) is 0.200. The number of ether oxygens (including phenoxy) is 1. The van der Waals surface area contributed by atoms with Gasteiger partial charge in [0.15, 0.2) is 16.6 Å². The van der Waals surface area contributed by atoms with Crippen LogP contribution in [0.4, 0.5) is 0 Å². The average Bonchev–Trinajstić information content (AvgIpc) is 2.25. The van der Waals surface area contributed by atoms with E-state index in [0.717, 1.165) is 0 Å². The van der Waals surface area contributed by atoms with Gasteiger partial charge < -0.3 is 15.6 Å². The van der Waals surface area contributed by atoms with Gasteiger partial charge in [-0.2, -0.15) is 5.10 Å². The van der Waals surface area contributed by atoms with Crippen LogP contribution in [0.3, 0.4) is 0 Å². The van der Waals surface area contributed by atoms with Crippen molar-refractivity contribution in [2.45, 2.75) is 6.92 Å². The highest BCUT2D eigenvalue weighted by Gasteiger charge is 2.08. The van der Waals surface area contributed by atoms with Crippen LogP contribution in [0.1, 0.15) is 12.5 Å². The number of phenols is 1. The maximum Gasteiger partial charge on any atom is 0.184 e. The highest BCUT2D eigenvalue weighted by Crippen LogP contribution is 2.34. The van der Waals surface area contributed by atoms with Crippen LogP contribution in [0.25, 0.3) is 0 Å². The van der Waals surface area contributed by atoms with Crippen molar-refractivity contribution in [1.82, 2.24) is 5.43 Å². The van der Waals surface area contributed by atoms with Crippen LogP contribution in [0.15, 0.2) is 17.2 Å². The molecular formula is C10H12ClN3O2S. The van der Waals surface area contributed by atoms with Crippen molar-refractivity contribution >= 4 is 35.1 Å². The monoisotopic (exact) mass is 273 g/mol. The maximum absolute atomic E-state index is 9.61. The van der Waals surface area contributed by atoms with Crippen molar-refractivity contribution in [3.63, 3.8) is 0 Å². The quantitative estimate of drug-likeness (QED) is 0.441. The van der Waals surface area contributed by atoms with Crippen molar-refractivity contribution in [3.05, 3.63) is 22.7 Å². The molecule has 1 aromatic rings. The van der Waals surface area contributed by atoms with Gasteiger partial charge in [-0.25, -0.2) is 0 Å². The molecule has 0 amide bonds. The summed E-state index contributed by atoms with van der Waals surface area (Å²) in [4.78, 5) is 0. The van der Waals surface area contributed by atoms with E-state index in [1.807, 2.05) is 6.92 Å². The minimum Gasteiger partial charge on any atom is -0.503 e. The van der Waals surface area contributed by atoms with Crippen LogP contribution in [0, 0.1) is 0 Å². The van der Waals surface area contributed by atoms with Gasteiger partial charge in [0.05, 0.1) is 17.8 Å². The van der Waals surface area contributed by atoms with Crippen molar-refractivity contribution in [2.75, 3.05) is 6.61 Å². The number of aromatic hydroxyl groups is 1. The molecule has 0 unspecified atom stereocenters. The minimum absolute atomic E-state index is 0.0659. The first-order valence-corrected chi connectivity index (χ1v) is 5.57.